The van der Waals surface area contributed by atoms with Crippen LogP contribution >= 0.6 is 0 Å². The summed E-state index contributed by atoms with van der Waals surface area (Å²) in [5.41, 5.74) is 1.72. The summed E-state index contributed by atoms with van der Waals surface area (Å²) in [6.45, 7) is 3.08. The monoisotopic (exact) mass is 344 g/mol. The lowest BCUT2D eigenvalue weighted by Crippen LogP contribution is -2.38. The lowest BCUT2D eigenvalue weighted by Gasteiger charge is -2.30. The van der Waals surface area contributed by atoms with Gasteiger partial charge in [0, 0.05) is 24.7 Å². The maximum absolute atomic E-state index is 12.8. The number of methoxy groups -OCH3 is 1. The van der Waals surface area contributed by atoms with E-state index in [0.29, 0.717) is 25.2 Å². The molecule has 1 aromatic rings. The first-order chi connectivity index (χ1) is 12.3. The van der Waals surface area contributed by atoms with Gasteiger partial charge in [0.05, 0.1) is 26.0 Å². The van der Waals surface area contributed by atoms with Crippen molar-refractivity contribution in [1.29, 1.82) is 0 Å². The Morgan fingerprint density at radius 3 is 2.84 bits per heavy atom. The molecule has 2 aliphatic carbocycles. The molecule has 0 aromatic heterocycles. The molecule has 5 heteroatoms. The molecule has 3 aliphatic rings. The molecule has 3 fully saturated rings. The second kappa shape index (κ2) is 7.24. The number of benzene rings is 1. The molecule has 136 valence electrons. The van der Waals surface area contributed by atoms with Gasteiger partial charge in [0.25, 0.3) is 5.91 Å². The summed E-state index contributed by atoms with van der Waals surface area (Å²) in [6.07, 6.45) is 6.36. The molecule has 2 saturated carbocycles. The van der Waals surface area contributed by atoms with Crippen molar-refractivity contribution in [2.24, 2.45) is 11.8 Å². The van der Waals surface area contributed by atoms with E-state index >= 15 is 0 Å². The van der Waals surface area contributed by atoms with Crippen LogP contribution in [0.1, 0.15) is 42.5 Å². The first-order valence-corrected chi connectivity index (χ1v) is 9.58. The fraction of sp³-hybridized carbons (Fsp3) is 0.650. The van der Waals surface area contributed by atoms with E-state index < -0.39 is 0 Å². The summed E-state index contributed by atoms with van der Waals surface area (Å²) in [5, 5.41) is 3.31. The molecular weight excluding hydrogens is 316 g/mol. The van der Waals surface area contributed by atoms with E-state index in [0.717, 1.165) is 42.4 Å². The highest BCUT2D eigenvalue weighted by Gasteiger charge is 2.39. The lowest BCUT2D eigenvalue weighted by molar-refractivity contribution is 0.0926. The second-order valence-corrected chi connectivity index (χ2v) is 7.50. The van der Waals surface area contributed by atoms with Crippen molar-refractivity contribution in [3.05, 3.63) is 23.8 Å². The second-order valence-electron chi connectivity index (χ2n) is 7.50. The highest BCUT2D eigenvalue weighted by atomic mass is 16.5. The molecule has 5 nitrogen and oxygen atoms in total. The molecule has 0 unspecified atom stereocenters. The van der Waals surface area contributed by atoms with Crippen LogP contribution in [0.5, 0.6) is 5.75 Å². The fourth-order valence-corrected chi connectivity index (χ4v) is 4.87. The first-order valence-electron chi connectivity index (χ1n) is 9.58. The molecule has 1 aliphatic heterocycles. The van der Waals surface area contributed by atoms with E-state index in [2.05, 4.69) is 10.2 Å². The third kappa shape index (κ3) is 3.34. The number of morpholine rings is 1. The Labute approximate surface area is 149 Å². The molecule has 1 heterocycles. The number of hydrogen-bond donors (Lipinski definition) is 1. The Bertz CT molecular complexity index is 627. The predicted molar refractivity (Wildman–Crippen MR) is 97.3 cm³/mol. The Morgan fingerprint density at radius 2 is 2.04 bits per heavy atom. The summed E-state index contributed by atoms with van der Waals surface area (Å²) >= 11 is 0. The van der Waals surface area contributed by atoms with Gasteiger partial charge in [-0.05, 0) is 49.3 Å². The van der Waals surface area contributed by atoms with Crippen LogP contribution in [0.25, 0.3) is 0 Å². The van der Waals surface area contributed by atoms with Gasteiger partial charge in [0.1, 0.15) is 5.75 Å². The van der Waals surface area contributed by atoms with Gasteiger partial charge in [0.15, 0.2) is 0 Å². The Kier molecular flexibility index (Phi) is 4.84. The van der Waals surface area contributed by atoms with Crippen molar-refractivity contribution in [2.45, 2.75) is 38.1 Å². The number of rotatable bonds is 4. The Morgan fingerprint density at radius 1 is 1.20 bits per heavy atom. The van der Waals surface area contributed by atoms with Crippen LogP contribution in [0.2, 0.25) is 0 Å². The van der Waals surface area contributed by atoms with Crippen LogP contribution in [-0.4, -0.2) is 45.4 Å². The highest BCUT2D eigenvalue weighted by molar-refractivity contribution is 5.96. The molecule has 0 spiro atoms. The van der Waals surface area contributed by atoms with Crippen molar-refractivity contribution in [3.8, 4) is 5.75 Å². The topological polar surface area (TPSA) is 50.8 Å². The minimum atomic E-state index is 0.0507. The number of carbonyl (C=O) groups is 1. The van der Waals surface area contributed by atoms with Crippen LogP contribution in [0, 0.1) is 11.8 Å². The van der Waals surface area contributed by atoms with Crippen LogP contribution in [0.15, 0.2) is 18.2 Å². The molecule has 1 N–H and O–H groups in total. The zero-order valence-corrected chi connectivity index (χ0v) is 15.0. The number of carbonyl (C=O) groups excluding carboxylic acids is 1. The fourth-order valence-electron chi connectivity index (χ4n) is 4.87. The maximum Gasteiger partial charge on any atom is 0.251 e. The van der Waals surface area contributed by atoms with E-state index in [9.17, 15) is 4.79 Å². The third-order valence-corrected chi connectivity index (χ3v) is 6.19. The van der Waals surface area contributed by atoms with E-state index in [1.807, 2.05) is 18.2 Å². The SMILES string of the molecule is COc1ccc(C(=O)N[C@@H]2CC[C@H]3CCC[C@H]32)cc1N1CCOCC1. The van der Waals surface area contributed by atoms with Crippen molar-refractivity contribution in [3.63, 3.8) is 0 Å². The standard InChI is InChI=1S/C20H28N2O3/c1-24-19-8-6-15(13-18(19)22-9-11-25-12-10-22)20(23)21-17-7-5-14-3-2-4-16(14)17/h6,8,13-14,16-17H,2-5,7,9-12H2,1H3,(H,21,23)/t14-,16-,17-/m1/s1. The van der Waals surface area contributed by atoms with Gasteiger partial charge in [0.2, 0.25) is 0 Å². The zero-order chi connectivity index (χ0) is 17.2. The predicted octanol–water partition coefficient (Wildman–Crippen LogP) is 2.84. The number of hydrogen-bond acceptors (Lipinski definition) is 4. The summed E-state index contributed by atoms with van der Waals surface area (Å²) in [7, 11) is 1.68. The molecule has 3 atom stereocenters. The van der Waals surface area contributed by atoms with Crippen molar-refractivity contribution >= 4 is 11.6 Å². The van der Waals surface area contributed by atoms with E-state index in [1.54, 1.807) is 7.11 Å². The summed E-state index contributed by atoms with van der Waals surface area (Å²) < 4.78 is 10.9. The molecule has 0 radical (unpaired) electrons. The first kappa shape index (κ1) is 16.7. The van der Waals surface area contributed by atoms with E-state index in [4.69, 9.17) is 9.47 Å². The number of amides is 1. The smallest absolute Gasteiger partial charge is 0.251 e. The highest BCUT2D eigenvalue weighted by Crippen LogP contribution is 2.44. The molecule has 4 rings (SSSR count). The molecular formula is C20H28N2O3. The van der Waals surface area contributed by atoms with Crippen LogP contribution in [-0.2, 0) is 4.74 Å². The normalized spacial score (nSPS) is 28.7. The third-order valence-electron chi connectivity index (χ3n) is 6.19. The maximum atomic E-state index is 12.8. The number of nitrogens with one attached hydrogen (secondary N) is 1. The van der Waals surface area contributed by atoms with E-state index in [1.165, 1.54) is 25.7 Å². The van der Waals surface area contributed by atoms with Gasteiger partial charge >= 0.3 is 0 Å². The quantitative estimate of drug-likeness (QED) is 0.912. The van der Waals surface area contributed by atoms with Gasteiger partial charge in [-0.1, -0.05) is 12.8 Å². The number of fused-ring (bicyclic) bond motifs is 1. The zero-order valence-electron chi connectivity index (χ0n) is 15.0. The minimum Gasteiger partial charge on any atom is -0.495 e. The summed E-state index contributed by atoms with van der Waals surface area (Å²) in [5.74, 6) is 2.40. The largest absolute Gasteiger partial charge is 0.495 e. The van der Waals surface area contributed by atoms with Gasteiger partial charge in [-0.2, -0.15) is 0 Å². The van der Waals surface area contributed by atoms with Crippen LogP contribution < -0.4 is 15.0 Å². The summed E-state index contributed by atoms with van der Waals surface area (Å²) in [6, 6.07) is 6.11. The summed E-state index contributed by atoms with van der Waals surface area (Å²) in [4.78, 5) is 15.1. The minimum absolute atomic E-state index is 0.0507. The van der Waals surface area contributed by atoms with Crippen LogP contribution in [0.4, 0.5) is 5.69 Å². The molecule has 1 amide bonds. The lowest BCUT2D eigenvalue weighted by atomic mass is 9.97. The molecule has 25 heavy (non-hydrogen) atoms. The molecule has 0 bridgehead atoms. The number of anilines is 1. The number of nitrogens with zero attached hydrogens (tertiary/aromatic N) is 1. The average Bonchev–Trinajstić information content (AvgIpc) is 3.27. The van der Waals surface area contributed by atoms with Gasteiger partial charge in [-0.3, -0.25) is 4.79 Å². The van der Waals surface area contributed by atoms with Gasteiger partial charge in [-0.25, -0.2) is 0 Å². The molecule has 1 aromatic carbocycles. The Balaban J connectivity index is 1.50. The van der Waals surface area contributed by atoms with Crippen molar-refractivity contribution in [1.82, 2.24) is 5.32 Å². The van der Waals surface area contributed by atoms with Crippen LogP contribution in [0.3, 0.4) is 0 Å². The van der Waals surface area contributed by atoms with Gasteiger partial charge < -0.3 is 19.7 Å². The molecule has 1 saturated heterocycles. The van der Waals surface area contributed by atoms with Gasteiger partial charge in [-0.15, -0.1) is 0 Å². The Hall–Kier alpha value is -1.75. The van der Waals surface area contributed by atoms with Crippen molar-refractivity contribution in [2.75, 3.05) is 38.3 Å². The van der Waals surface area contributed by atoms with E-state index in [-0.39, 0.29) is 5.91 Å². The average molecular weight is 344 g/mol. The number of ether oxygens (including phenoxy) is 2. The van der Waals surface area contributed by atoms with Crippen molar-refractivity contribution < 1.29 is 14.3 Å².